The van der Waals surface area contributed by atoms with Crippen molar-refractivity contribution in [3.05, 3.63) is 60.2 Å². The van der Waals surface area contributed by atoms with Gasteiger partial charge in [-0.2, -0.15) is 0 Å². The Hall–Kier alpha value is -3.15. The summed E-state index contributed by atoms with van der Waals surface area (Å²) in [6.45, 7) is 6.16. The van der Waals surface area contributed by atoms with Gasteiger partial charge in [-0.25, -0.2) is 9.97 Å². The highest BCUT2D eigenvalue weighted by Gasteiger charge is 2.21. The van der Waals surface area contributed by atoms with E-state index in [0.717, 1.165) is 33.5 Å². The lowest BCUT2D eigenvalue weighted by Crippen LogP contribution is -2.30. The van der Waals surface area contributed by atoms with E-state index in [1.807, 2.05) is 49.5 Å². The Morgan fingerprint density at radius 2 is 2.00 bits per heavy atom. The van der Waals surface area contributed by atoms with Crippen LogP contribution in [0, 0.1) is 0 Å². The molecule has 0 aliphatic rings. The van der Waals surface area contributed by atoms with Crippen molar-refractivity contribution in [2.45, 2.75) is 39.3 Å². The van der Waals surface area contributed by atoms with E-state index in [-0.39, 0.29) is 18.0 Å². The number of para-hydroxylation sites is 1. The van der Waals surface area contributed by atoms with Gasteiger partial charge in [-0.15, -0.1) is 0 Å². The molecule has 0 aliphatic heterocycles. The van der Waals surface area contributed by atoms with Crippen LogP contribution >= 0.6 is 0 Å². The van der Waals surface area contributed by atoms with Crippen molar-refractivity contribution in [1.82, 2.24) is 24.8 Å². The number of benzene rings is 1. The van der Waals surface area contributed by atoms with Crippen LogP contribution in [-0.4, -0.2) is 25.4 Å². The van der Waals surface area contributed by atoms with Crippen molar-refractivity contribution in [3.8, 4) is 0 Å². The van der Waals surface area contributed by atoms with Gasteiger partial charge in [-0.05, 0) is 44.5 Å². The van der Waals surface area contributed by atoms with Crippen LogP contribution in [0.4, 0.5) is 0 Å². The number of nitrogens with one attached hydrogen (secondary N) is 2. The number of rotatable bonds is 5. The standard InChI is InChI=1S/C21H23N5O/c1-13(2)26-20(25-18-9-6-10-22-21(18)26)14(3)24-19(27)11-15-12-23-17-8-5-4-7-16(15)17/h4-10,12-14,23H,11H2,1-3H3,(H,24,27). The third-order valence-electron chi connectivity index (χ3n) is 4.78. The maximum atomic E-state index is 12.7. The van der Waals surface area contributed by atoms with Crippen LogP contribution < -0.4 is 5.32 Å². The second-order valence-corrected chi connectivity index (χ2v) is 7.11. The summed E-state index contributed by atoms with van der Waals surface area (Å²) < 4.78 is 2.09. The summed E-state index contributed by atoms with van der Waals surface area (Å²) in [6, 6.07) is 11.8. The van der Waals surface area contributed by atoms with Gasteiger partial charge in [0, 0.05) is 29.3 Å². The zero-order valence-electron chi connectivity index (χ0n) is 15.7. The highest BCUT2D eigenvalue weighted by atomic mass is 16.1. The molecule has 0 spiro atoms. The van der Waals surface area contributed by atoms with E-state index in [2.05, 4.69) is 33.7 Å². The molecule has 0 radical (unpaired) electrons. The molecule has 2 N–H and O–H groups in total. The molecule has 3 heterocycles. The molecule has 0 bridgehead atoms. The van der Waals surface area contributed by atoms with Crippen LogP contribution in [0.1, 0.15) is 44.2 Å². The number of carbonyl (C=O) groups excluding carboxylic acids is 1. The Bertz CT molecular complexity index is 1110. The number of amides is 1. The quantitative estimate of drug-likeness (QED) is 0.566. The Morgan fingerprint density at radius 1 is 1.19 bits per heavy atom. The van der Waals surface area contributed by atoms with Crippen LogP contribution in [0.5, 0.6) is 0 Å². The number of hydrogen-bond acceptors (Lipinski definition) is 3. The number of carbonyl (C=O) groups is 1. The minimum Gasteiger partial charge on any atom is -0.361 e. The fraction of sp³-hybridized carbons (Fsp3) is 0.286. The molecule has 1 atom stereocenters. The van der Waals surface area contributed by atoms with Gasteiger partial charge < -0.3 is 14.9 Å². The molecule has 6 nitrogen and oxygen atoms in total. The van der Waals surface area contributed by atoms with Gasteiger partial charge in [0.25, 0.3) is 0 Å². The third kappa shape index (κ3) is 3.18. The number of pyridine rings is 1. The van der Waals surface area contributed by atoms with Crippen molar-refractivity contribution in [3.63, 3.8) is 0 Å². The summed E-state index contributed by atoms with van der Waals surface area (Å²) in [4.78, 5) is 25.0. The number of imidazole rings is 1. The van der Waals surface area contributed by atoms with Gasteiger partial charge >= 0.3 is 0 Å². The molecule has 138 valence electrons. The molecular formula is C21H23N5O. The summed E-state index contributed by atoms with van der Waals surface area (Å²) in [6.07, 6.45) is 4.00. The predicted octanol–water partition coefficient (Wildman–Crippen LogP) is 3.91. The number of nitrogens with zero attached hydrogens (tertiary/aromatic N) is 3. The zero-order valence-corrected chi connectivity index (χ0v) is 15.7. The van der Waals surface area contributed by atoms with Crippen LogP contribution in [0.3, 0.4) is 0 Å². The molecule has 1 amide bonds. The minimum absolute atomic E-state index is 0.0254. The first-order valence-corrected chi connectivity index (χ1v) is 9.22. The summed E-state index contributed by atoms with van der Waals surface area (Å²) in [7, 11) is 0. The van der Waals surface area contributed by atoms with E-state index >= 15 is 0 Å². The lowest BCUT2D eigenvalue weighted by atomic mass is 10.1. The minimum atomic E-state index is -0.209. The van der Waals surface area contributed by atoms with Crippen molar-refractivity contribution < 1.29 is 4.79 Å². The highest BCUT2D eigenvalue weighted by Crippen LogP contribution is 2.24. The maximum Gasteiger partial charge on any atom is 0.225 e. The van der Waals surface area contributed by atoms with E-state index in [0.29, 0.717) is 6.42 Å². The van der Waals surface area contributed by atoms with E-state index in [1.165, 1.54) is 0 Å². The Labute approximate surface area is 157 Å². The second kappa shape index (κ2) is 6.87. The van der Waals surface area contributed by atoms with E-state index in [1.54, 1.807) is 6.20 Å². The molecule has 0 aliphatic carbocycles. The van der Waals surface area contributed by atoms with E-state index in [9.17, 15) is 4.79 Å². The van der Waals surface area contributed by atoms with Crippen molar-refractivity contribution in [2.24, 2.45) is 0 Å². The lowest BCUT2D eigenvalue weighted by molar-refractivity contribution is -0.121. The molecule has 3 aromatic heterocycles. The van der Waals surface area contributed by atoms with Gasteiger partial charge in [0.1, 0.15) is 11.3 Å². The smallest absolute Gasteiger partial charge is 0.225 e. The number of fused-ring (bicyclic) bond motifs is 2. The largest absolute Gasteiger partial charge is 0.361 e. The summed E-state index contributed by atoms with van der Waals surface area (Å²) in [5, 5.41) is 4.17. The molecule has 0 saturated carbocycles. The van der Waals surface area contributed by atoms with Crippen molar-refractivity contribution >= 4 is 28.0 Å². The van der Waals surface area contributed by atoms with Crippen LogP contribution in [0.25, 0.3) is 22.1 Å². The fourth-order valence-electron chi connectivity index (χ4n) is 3.57. The topological polar surface area (TPSA) is 75.6 Å². The number of aromatic nitrogens is 4. The number of H-pyrrole nitrogens is 1. The third-order valence-corrected chi connectivity index (χ3v) is 4.78. The second-order valence-electron chi connectivity index (χ2n) is 7.11. The molecule has 6 heteroatoms. The first-order valence-electron chi connectivity index (χ1n) is 9.22. The Balaban J connectivity index is 1.57. The summed E-state index contributed by atoms with van der Waals surface area (Å²) in [5.41, 5.74) is 3.73. The summed E-state index contributed by atoms with van der Waals surface area (Å²) >= 11 is 0. The molecule has 4 rings (SSSR count). The SMILES string of the molecule is CC(NC(=O)Cc1c[nH]c2ccccc12)c1nc2cccnc2n1C(C)C. The number of hydrogen-bond donors (Lipinski definition) is 2. The molecule has 4 aromatic rings. The average Bonchev–Trinajstić information content (AvgIpc) is 3.23. The molecule has 0 saturated heterocycles. The van der Waals surface area contributed by atoms with Crippen molar-refractivity contribution in [2.75, 3.05) is 0 Å². The molecule has 1 unspecified atom stereocenters. The van der Waals surface area contributed by atoms with Crippen LogP contribution in [0.2, 0.25) is 0 Å². The van der Waals surface area contributed by atoms with Gasteiger partial charge in [0.2, 0.25) is 5.91 Å². The first-order chi connectivity index (χ1) is 13.0. The average molecular weight is 361 g/mol. The van der Waals surface area contributed by atoms with Gasteiger partial charge in [0.05, 0.1) is 12.5 Å². The predicted molar refractivity (Wildman–Crippen MR) is 106 cm³/mol. The number of aromatic amines is 1. The van der Waals surface area contributed by atoms with Gasteiger partial charge in [0.15, 0.2) is 5.65 Å². The summed E-state index contributed by atoms with van der Waals surface area (Å²) in [5.74, 6) is 0.800. The van der Waals surface area contributed by atoms with Crippen molar-refractivity contribution in [1.29, 1.82) is 0 Å². The molecule has 0 fully saturated rings. The molecular weight excluding hydrogens is 338 g/mol. The van der Waals surface area contributed by atoms with Gasteiger partial charge in [-0.3, -0.25) is 4.79 Å². The van der Waals surface area contributed by atoms with Gasteiger partial charge in [-0.1, -0.05) is 18.2 Å². The normalized spacial score (nSPS) is 12.7. The molecule has 27 heavy (non-hydrogen) atoms. The highest BCUT2D eigenvalue weighted by molar-refractivity contribution is 5.89. The van der Waals surface area contributed by atoms with Crippen LogP contribution in [-0.2, 0) is 11.2 Å². The fourth-order valence-corrected chi connectivity index (χ4v) is 3.57. The first kappa shape index (κ1) is 17.3. The van der Waals surface area contributed by atoms with E-state index in [4.69, 9.17) is 4.98 Å². The van der Waals surface area contributed by atoms with E-state index < -0.39 is 0 Å². The lowest BCUT2D eigenvalue weighted by Gasteiger charge is -2.18. The zero-order chi connectivity index (χ0) is 19.0. The molecule has 1 aromatic carbocycles. The monoisotopic (exact) mass is 361 g/mol. The Morgan fingerprint density at radius 3 is 2.81 bits per heavy atom. The maximum absolute atomic E-state index is 12.7. The Kier molecular flexibility index (Phi) is 4.39. The van der Waals surface area contributed by atoms with Crippen LogP contribution in [0.15, 0.2) is 48.8 Å².